The Balaban J connectivity index is 1.64. The van der Waals surface area contributed by atoms with Crippen LogP contribution in [0.5, 0.6) is 5.75 Å². The highest BCUT2D eigenvalue weighted by atomic mass is 19.1. The highest BCUT2D eigenvalue weighted by Gasteiger charge is 2.22. The van der Waals surface area contributed by atoms with Gasteiger partial charge in [0.25, 0.3) is 0 Å². The molecule has 174 valence electrons. The molecular formula is C25H23F2N5O2. The molecular weight excluding hydrogens is 440 g/mol. The van der Waals surface area contributed by atoms with Crippen molar-refractivity contribution in [2.24, 2.45) is 5.73 Å². The third-order valence-electron chi connectivity index (χ3n) is 5.86. The summed E-state index contributed by atoms with van der Waals surface area (Å²) in [4.78, 5) is 21.4. The number of hydrogen-bond donors (Lipinski definition) is 2. The van der Waals surface area contributed by atoms with E-state index in [1.165, 1.54) is 18.2 Å². The van der Waals surface area contributed by atoms with Gasteiger partial charge in [-0.1, -0.05) is 12.1 Å². The minimum atomic E-state index is -0.713. The van der Waals surface area contributed by atoms with Gasteiger partial charge in [0.2, 0.25) is 11.9 Å². The Morgan fingerprint density at radius 2 is 2.00 bits per heavy atom. The number of rotatable bonds is 5. The van der Waals surface area contributed by atoms with Crippen molar-refractivity contribution in [1.82, 2.24) is 14.5 Å². The number of fused-ring (bicyclic) bond motifs is 2. The fraction of sp³-hybridized carbons (Fsp3) is 0.240. The summed E-state index contributed by atoms with van der Waals surface area (Å²) in [5.41, 5.74) is 8.22. The van der Waals surface area contributed by atoms with Crippen LogP contribution in [0.1, 0.15) is 40.2 Å². The summed E-state index contributed by atoms with van der Waals surface area (Å²) in [5, 5.41) is 3.77. The lowest BCUT2D eigenvalue weighted by atomic mass is 10.1. The summed E-state index contributed by atoms with van der Waals surface area (Å²) in [6.45, 7) is 2.70. The molecule has 3 heterocycles. The number of ether oxygens (including phenoxy) is 1. The lowest BCUT2D eigenvalue weighted by molar-refractivity contribution is 0.100. The normalized spacial score (nSPS) is 13.3. The fourth-order valence-electron chi connectivity index (χ4n) is 4.30. The molecule has 5 rings (SSSR count). The second-order valence-electron chi connectivity index (χ2n) is 8.31. The van der Waals surface area contributed by atoms with Crippen LogP contribution in [0.25, 0.3) is 16.9 Å². The van der Waals surface area contributed by atoms with Crippen LogP contribution in [0.15, 0.2) is 42.5 Å². The van der Waals surface area contributed by atoms with Gasteiger partial charge in [-0.2, -0.15) is 4.98 Å². The first kappa shape index (κ1) is 21.8. The van der Waals surface area contributed by atoms with Crippen molar-refractivity contribution in [3.05, 3.63) is 76.6 Å². The molecule has 4 aromatic rings. The van der Waals surface area contributed by atoms with E-state index in [-0.39, 0.29) is 11.4 Å². The van der Waals surface area contributed by atoms with E-state index >= 15 is 0 Å². The fourth-order valence-corrected chi connectivity index (χ4v) is 4.30. The molecule has 1 aliphatic heterocycles. The highest BCUT2D eigenvalue weighted by molar-refractivity contribution is 6.06. The van der Waals surface area contributed by atoms with E-state index in [1.807, 2.05) is 13.0 Å². The summed E-state index contributed by atoms with van der Waals surface area (Å²) in [7, 11) is 0. The van der Waals surface area contributed by atoms with Gasteiger partial charge < -0.3 is 15.8 Å². The number of hydrogen-bond acceptors (Lipinski definition) is 5. The zero-order valence-corrected chi connectivity index (χ0v) is 18.6. The lowest BCUT2D eigenvalue weighted by Crippen LogP contribution is -2.13. The Bertz CT molecular complexity index is 1420. The van der Waals surface area contributed by atoms with E-state index < -0.39 is 11.7 Å². The number of nitrogens with one attached hydrogen (secondary N) is 1. The molecule has 3 N–H and O–H groups in total. The second kappa shape index (κ2) is 8.74. The predicted molar refractivity (Wildman–Crippen MR) is 124 cm³/mol. The summed E-state index contributed by atoms with van der Waals surface area (Å²) >= 11 is 0. The maximum absolute atomic E-state index is 14.4. The van der Waals surface area contributed by atoms with Crippen LogP contribution < -0.4 is 15.8 Å². The molecule has 0 radical (unpaired) electrons. The third kappa shape index (κ3) is 4.05. The van der Waals surface area contributed by atoms with Crippen molar-refractivity contribution < 1.29 is 18.3 Å². The number of nitrogens with two attached hydrogens (primary N) is 1. The molecule has 0 bridgehead atoms. The number of primary amides is 1. The van der Waals surface area contributed by atoms with Gasteiger partial charge in [-0.15, -0.1) is 0 Å². The molecule has 0 aliphatic carbocycles. The van der Waals surface area contributed by atoms with Crippen LogP contribution in [0, 0.1) is 18.6 Å². The van der Waals surface area contributed by atoms with E-state index in [9.17, 15) is 13.6 Å². The van der Waals surface area contributed by atoms with Crippen LogP contribution in [0.3, 0.4) is 0 Å². The molecule has 9 heteroatoms. The summed E-state index contributed by atoms with van der Waals surface area (Å²) in [6.07, 6.45) is 2.48. The molecule has 0 fully saturated rings. The van der Waals surface area contributed by atoms with Crippen LogP contribution in [0.4, 0.5) is 14.6 Å². The predicted octanol–water partition coefficient (Wildman–Crippen LogP) is 4.43. The van der Waals surface area contributed by atoms with Gasteiger partial charge >= 0.3 is 0 Å². The van der Waals surface area contributed by atoms with Gasteiger partial charge in [0.05, 0.1) is 23.4 Å². The van der Waals surface area contributed by atoms with Crippen molar-refractivity contribution in [2.75, 3.05) is 11.9 Å². The molecule has 0 saturated carbocycles. The molecule has 2 aromatic heterocycles. The van der Waals surface area contributed by atoms with Crippen LogP contribution >= 0.6 is 0 Å². The maximum atomic E-state index is 14.4. The number of anilines is 1. The number of aryl methyl sites for hydroxylation is 2. The largest absolute Gasteiger partial charge is 0.488 e. The molecule has 34 heavy (non-hydrogen) atoms. The van der Waals surface area contributed by atoms with Crippen molar-refractivity contribution in [1.29, 1.82) is 0 Å². The van der Waals surface area contributed by atoms with E-state index in [0.717, 1.165) is 30.2 Å². The Morgan fingerprint density at radius 3 is 2.79 bits per heavy atom. The van der Waals surface area contributed by atoms with Crippen LogP contribution in [-0.2, 0) is 13.0 Å². The van der Waals surface area contributed by atoms with Gasteiger partial charge in [-0.25, -0.2) is 13.8 Å². The number of carbonyl (C=O) groups is 1. The molecule has 0 atom stereocenters. The first-order chi connectivity index (χ1) is 16.4. The molecule has 0 unspecified atom stereocenters. The maximum Gasteiger partial charge on any atom is 0.249 e. The number of aromatic nitrogens is 3. The summed E-state index contributed by atoms with van der Waals surface area (Å²) in [5.74, 6) is -0.257. The zero-order valence-electron chi connectivity index (χ0n) is 18.6. The van der Waals surface area contributed by atoms with Gasteiger partial charge in [0.15, 0.2) is 11.6 Å². The molecule has 2 aromatic carbocycles. The highest BCUT2D eigenvalue weighted by Crippen LogP contribution is 2.33. The average molecular weight is 463 g/mol. The molecule has 0 spiro atoms. The zero-order chi connectivity index (χ0) is 23.8. The molecule has 1 aliphatic rings. The number of halogens is 2. The molecule has 0 saturated heterocycles. The SMILES string of the molecule is Cc1cc2c(C(N)=O)cc(F)cc2n1-c1nc2c(c(NCc3cccc(F)c3)n1)OCCCC2. The van der Waals surface area contributed by atoms with Gasteiger partial charge in [-0.3, -0.25) is 9.36 Å². The van der Waals surface area contributed by atoms with Crippen molar-refractivity contribution in [3.8, 4) is 11.7 Å². The van der Waals surface area contributed by atoms with E-state index in [0.29, 0.717) is 53.7 Å². The summed E-state index contributed by atoms with van der Waals surface area (Å²) in [6, 6.07) is 10.5. The minimum Gasteiger partial charge on any atom is -0.488 e. The number of benzene rings is 2. The standard InChI is InChI=1S/C25H23F2N5O2/c1-14-9-18-19(23(28)33)11-17(27)12-21(18)32(14)25-30-20-7-2-3-8-34-22(20)24(31-25)29-13-15-5-4-6-16(26)10-15/h4-6,9-12H,2-3,7-8,13H2,1H3,(H2,28,33)(H,29,30,31). The van der Waals surface area contributed by atoms with Gasteiger partial charge in [0.1, 0.15) is 11.6 Å². The van der Waals surface area contributed by atoms with Crippen molar-refractivity contribution in [2.45, 2.75) is 32.7 Å². The monoisotopic (exact) mass is 463 g/mol. The van der Waals surface area contributed by atoms with E-state index in [2.05, 4.69) is 5.32 Å². The Hall–Kier alpha value is -4.01. The first-order valence-corrected chi connectivity index (χ1v) is 11.0. The lowest BCUT2D eigenvalue weighted by Gasteiger charge is -2.16. The Labute approximate surface area is 194 Å². The third-order valence-corrected chi connectivity index (χ3v) is 5.86. The van der Waals surface area contributed by atoms with Crippen LogP contribution in [-0.4, -0.2) is 27.0 Å². The minimum absolute atomic E-state index is 0.0967. The van der Waals surface area contributed by atoms with E-state index in [4.69, 9.17) is 20.4 Å². The van der Waals surface area contributed by atoms with Gasteiger partial charge in [0, 0.05) is 17.6 Å². The quantitative estimate of drug-likeness (QED) is 0.457. The molecule has 7 nitrogen and oxygen atoms in total. The Morgan fingerprint density at radius 1 is 1.15 bits per heavy atom. The number of amides is 1. The first-order valence-electron chi connectivity index (χ1n) is 11.0. The Kier molecular flexibility index (Phi) is 5.61. The second-order valence-corrected chi connectivity index (χ2v) is 8.31. The smallest absolute Gasteiger partial charge is 0.249 e. The van der Waals surface area contributed by atoms with Gasteiger partial charge in [-0.05, 0) is 62.1 Å². The summed E-state index contributed by atoms with van der Waals surface area (Å²) < 4.78 is 35.7. The number of carbonyl (C=O) groups excluding carboxylic acids is 1. The topological polar surface area (TPSA) is 95.1 Å². The molecule has 1 amide bonds. The van der Waals surface area contributed by atoms with E-state index in [1.54, 1.807) is 16.7 Å². The van der Waals surface area contributed by atoms with Crippen LogP contribution in [0.2, 0.25) is 0 Å². The van der Waals surface area contributed by atoms with Crippen molar-refractivity contribution in [3.63, 3.8) is 0 Å². The average Bonchev–Trinajstić information content (AvgIpc) is 2.96. The number of nitrogens with zero attached hydrogens (tertiary/aromatic N) is 3. The van der Waals surface area contributed by atoms with Crippen molar-refractivity contribution >= 4 is 22.6 Å².